The lowest BCUT2D eigenvalue weighted by atomic mass is 9.97. The fraction of sp³-hybridized carbons (Fsp3) is 0.0625. The molecule has 2 aromatic rings. The van der Waals surface area contributed by atoms with E-state index in [1.54, 1.807) is 18.2 Å². The number of aromatic nitrogens is 1. The topological polar surface area (TPSA) is 107 Å². The lowest BCUT2D eigenvalue weighted by Gasteiger charge is -2.12. The highest BCUT2D eigenvalue weighted by atomic mass is 32.2. The molecule has 1 aromatic heterocycles. The summed E-state index contributed by atoms with van der Waals surface area (Å²) in [6.45, 7) is 3.63. The van der Waals surface area contributed by atoms with Gasteiger partial charge in [-0.05, 0) is 17.7 Å². The molecule has 3 N–H and O–H groups in total. The minimum atomic E-state index is 0.0798. The molecule has 6 heteroatoms. The van der Waals surface area contributed by atoms with Crippen LogP contribution in [-0.4, -0.2) is 15.8 Å². The summed E-state index contributed by atoms with van der Waals surface area (Å²) in [6, 6.07) is 10.4. The third kappa shape index (κ3) is 2.88. The van der Waals surface area contributed by atoms with Crippen molar-refractivity contribution in [1.29, 1.82) is 10.5 Å². The minimum Gasteiger partial charge on any atom is -0.508 e. The molecule has 0 bridgehead atoms. The molecule has 1 aromatic carbocycles. The van der Waals surface area contributed by atoms with E-state index in [0.29, 0.717) is 27.5 Å². The van der Waals surface area contributed by atoms with Crippen molar-refractivity contribution in [3.63, 3.8) is 0 Å². The molecule has 0 radical (unpaired) electrons. The number of anilines is 1. The number of nitrogens with zero attached hydrogens (tertiary/aromatic N) is 3. The summed E-state index contributed by atoms with van der Waals surface area (Å²) in [5, 5.41) is 28.7. The highest BCUT2D eigenvalue weighted by Crippen LogP contribution is 2.36. The Labute approximate surface area is 132 Å². The van der Waals surface area contributed by atoms with E-state index in [4.69, 9.17) is 5.73 Å². The van der Waals surface area contributed by atoms with Gasteiger partial charge in [-0.3, -0.25) is 0 Å². The van der Waals surface area contributed by atoms with Crippen molar-refractivity contribution in [2.75, 3.05) is 11.5 Å². The van der Waals surface area contributed by atoms with Gasteiger partial charge in [-0.1, -0.05) is 18.2 Å². The predicted molar refractivity (Wildman–Crippen MR) is 86.1 cm³/mol. The Kier molecular flexibility index (Phi) is 4.67. The summed E-state index contributed by atoms with van der Waals surface area (Å²) in [4.78, 5) is 4.15. The van der Waals surface area contributed by atoms with Crippen LogP contribution in [0.5, 0.6) is 5.75 Å². The quantitative estimate of drug-likeness (QED) is 0.664. The van der Waals surface area contributed by atoms with Gasteiger partial charge in [-0.15, -0.1) is 18.3 Å². The average Bonchev–Trinajstić information content (AvgIpc) is 2.53. The van der Waals surface area contributed by atoms with E-state index in [-0.39, 0.29) is 17.1 Å². The van der Waals surface area contributed by atoms with Gasteiger partial charge in [0.2, 0.25) is 0 Å². The van der Waals surface area contributed by atoms with Crippen LogP contribution in [0.1, 0.15) is 11.1 Å². The third-order valence-corrected chi connectivity index (χ3v) is 3.88. The minimum absolute atomic E-state index is 0.0798. The number of hydrogen-bond acceptors (Lipinski definition) is 6. The van der Waals surface area contributed by atoms with Crippen molar-refractivity contribution >= 4 is 17.6 Å². The fourth-order valence-corrected chi connectivity index (χ4v) is 2.69. The second-order valence-corrected chi connectivity index (χ2v) is 5.31. The molecule has 0 aliphatic heterocycles. The van der Waals surface area contributed by atoms with Crippen molar-refractivity contribution in [1.82, 2.24) is 4.98 Å². The summed E-state index contributed by atoms with van der Waals surface area (Å²) in [7, 11) is 0. The molecule has 108 valence electrons. The summed E-state index contributed by atoms with van der Waals surface area (Å²) in [5.41, 5.74) is 7.38. The van der Waals surface area contributed by atoms with Crippen molar-refractivity contribution in [3.05, 3.63) is 48.0 Å². The van der Waals surface area contributed by atoms with Gasteiger partial charge in [0, 0.05) is 11.3 Å². The lowest BCUT2D eigenvalue weighted by Crippen LogP contribution is -2.03. The Balaban J connectivity index is 2.76. The van der Waals surface area contributed by atoms with Crippen LogP contribution in [0.15, 0.2) is 41.9 Å². The Hall–Kier alpha value is -2.96. The Bertz CT molecular complexity index is 801. The zero-order valence-corrected chi connectivity index (χ0v) is 12.4. The van der Waals surface area contributed by atoms with Gasteiger partial charge in [0.25, 0.3) is 0 Å². The number of aromatic hydroxyl groups is 1. The Morgan fingerprint density at radius 3 is 2.41 bits per heavy atom. The number of phenolic OH excluding ortho intramolecular Hbond substituents is 1. The Morgan fingerprint density at radius 1 is 1.23 bits per heavy atom. The molecular weight excluding hydrogens is 296 g/mol. The molecule has 0 unspecified atom stereocenters. The molecular formula is C16H12N4OS. The van der Waals surface area contributed by atoms with E-state index in [1.807, 2.05) is 6.07 Å². The molecule has 0 fully saturated rings. The van der Waals surface area contributed by atoms with E-state index < -0.39 is 0 Å². The van der Waals surface area contributed by atoms with E-state index in [9.17, 15) is 15.6 Å². The fourth-order valence-electron chi connectivity index (χ4n) is 1.96. The number of nitriles is 2. The number of benzene rings is 1. The van der Waals surface area contributed by atoms with Crippen LogP contribution in [0.4, 0.5) is 5.82 Å². The van der Waals surface area contributed by atoms with Gasteiger partial charge in [0.15, 0.2) is 0 Å². The maximum Gasteiger partial charge on any atom is 0.143 e. The van der Waals surface area contributed by atoms with Crippen LogP contribution < -0.4 is 5.73 Å². The number of nitrogen functional groups attached to an aromatic ring is 1. The van der Waals surface area contributed by atoms with Gasteiger partial charge < -0.3 is 10.8 Å². The molecule has 0 amide bonds. The molecule has 5 nitrogen and oxygen atoms in total. The van der Waals surface area contributed by atoms with Crippen LogP contribution >= 0.6 is 11.8 Å². The number of nitrogens with two attached hydrogens (primary N) is 1. The van der Waals surface area contributed by atoms with Crippen LogP contribution in [-0.2, 0) is 0 Å². The zero-order valence-electron chi connectivity index (χ0n) is 11.6. The molecule has 0 saturated carbocycles. The highest BCUT2D eigenvalue weighted by Gasteiger charge is 2.20. The van der Waals surface area contributed by atoms with Gasteiger partial charge in [0.1, 0.15) is 34.3 Å². The van der Waals surface area contributed by atoms with Crippen molar-refractivity contribution < 1.29 is 5.11 Å². The van der Waals surface area contributed by atoms with E-state index in [2.05, 4.69) is 17.6 Å². The van der Waals surface area contributed by atoms with Gasteiger partial charge in [-0.25, -0.2) is 4.98 Å². The first-order chi connectivity index (χ1) is 10.6. The second-order valence-electron chi connectivity index (χ2n) is 4.30. The summed E-state index contributed by atoms with van der Waals surface area (Å²) in [6.07, 6.45) is 1.70. The van der Waals surface area contributed by atoms with Gasteiger partial charge in [0.05, 0.1) is 5.56 Å². The first kappa shape index (κ1) is 15.4. The van der Waals surface area contributed by atoms with Crippen molar-refractivity contribution in [3.8, 4) is 29.0 Å². The third-order valence-electron chi connectivity index (χ3n) is 2.91. The van der Waals surface area contributed by atoms with E-state index in [1.165, 1.54) is 23.9 Å². The molecule has 1 heterocycles. The van der Waals surface area contributed by atoms with Crippen LogP contribution in [0.25, 0.3) is 11.1 Å². The normalized spacial score (nSPS) is 9.73. The summed E-state index contributed by atoms with van der Waals surface area (Å²) in [5.74, 6) is 0.752. The van der Waals surface area contributed by atoms with Crippen LogP contribution in [0.3, 0.4) is 0 Å². The second kappa shape index (κ2) is 6.66. The highest BCUT2D eigenvalue weighted by molar-refractivity contribution is 7.99. The number of thioether (sulfide) groups is 1. The summed E-state index contributed by atoms with van der Waals surface area (Å²) < 4.78 is 0. The van der Waals surface area contributed by atoms with Crippen molar-refractivity contribution in [2.45, 2.75) is 5.03 Å². The maximum absolute atomic E-state index is 9.50. The van der Waals surface area contributed by atoms with E-state index >= 15 is 0 Å². The summed E-state index contributed by atoms with van der Waals surface area (Å²) >= 11 is 1.33. The lowest BCUT2D eigenvalue weighted by molar-refractivity contribution is 0.475. The van der Waals surface area contributed by atoms with Gasteiger partial charge >= 0.3 is 0 Å². The SMILES string of the molecule is C=CCSc1nc(N)c(C#N)c(-c2ccc(O)cc2)c1C#N. The van der Waals surface area contributed by atoms with Crippen LogP contribution in [0.2, 0.25) is 0 Å². The first-order valence-corrected chi connectivity index (χ1v) is 7.27. The number of phenols is 1. The molecule has 0 atom stereocenters. The monoisotopic (exact) mass is 308 g/mol. The average molecular weight is 308 g/mol. The van der Waals surface area contributed by atoms with Gasteiger partial charge in [-0.2, -0.15) is 10.5 Å². The number of hydrogen-bond donors (Lipinski definition) is 2. The van der Waals surface area contributed by atoms with Crippen molar-refractivity contribution in [2.24, 2.45) is 0 Å². The standard InChI is InChI=1S/C16H12N4OS/c1-2-7-22-16-13(9-18)14(12(8-17)15(19)20-16)10-3-5-11(21)6-4-10/h2-6,21H,1,7H2,(H2,19,20). The first-order valence-electron chi connectivity index (χ1n) is 6.29. The smallest absolute Gasteiger partial charge is 0.143 e. The van der Waals surface area contributed by atoms with Crippen LogP contribution in [0, 0.1) is 22.7 Å². The molecule has 0 saturated heterocycles. The maximum atomic E-state index is 9.50. The number of rotatable bonds is 4. The molecule has 0 aliphatic rings. The number of pyridine rings is 1. The molecule has 2 rings (SSSR count). The molecule has 0 spiro atoms. The Morgan fingerprint density at radius 2 is 1.86 bits per heavy atom. The molecule has 22 heavy (non-hydrogen) atoms. The predicted octanol–water partition coefficient (Wildman–Crippen LogP) is 3.06. The largest absolute Gasteiger partial charge is 0.508 e. The van der Waals surface area contributed by atoms with E-state index in [0.717, 1.165) is 0 Å². The zero-order chi connectivity index (χ0) is 16.1. The molecule has 0 aliphatic carbocycles.